The number of hydrogen-bond acceptors (Lipinski definition) is 4. The molecule has 2 atom stereocenters. The molecule has 0 aromatic heterocycles. The summed E-state index contributed by atoms with van der Waals surface area (Å²) in [7, 11) is 0. The molecule has 2 rings (SSSR count). The van der Waals surface area contributed by atoms with Crippen molar-refractivity contribution in [1.82, 2.24) is 5.32 Å². The monoisotopic (exact) mass is 308 g/mol. The molecule has 0 unspecified atom stereocenters. The topological polar surface area (TPSA) is 72.2 Å². The maximum atomic E-state index is 12.2. The highest BCUT2D eigenvalue weighted by molar-refractivity contribution is 7.99. The Morgan fingerprint density at radius 3 is 2.90 bits per heavy atom. The fourth-order valence-corrected chi connectivity index (χ4v) is 3.97. The summed E-state index contributed by atoms with van der Waals surface area (Å²) >= 11 is 1.88. The lowest BCUT2D eigenvalue weighted by Gasteiger charge is -2.20. The largest absolute Gasteiger partial charge is 0.352 e. The van der Waals surface area contributed by atoms with Crippen LogP contribution in [0.15, 0.2) is 24.3 Å². The lowest BCUT2D eigenvalue weighted by molar-refractivity contribution is -0.385. The SMILES string of the molecule is CCS[C@@H]1CCC[C@@H]1NC(=O)Cc1ccccc1[N+](=O)[O-]. The zero-order chi connectivity index (χ0) is 15.2. The Morgan fingerprint density at radius 2 is 2.19 bits per heavy atom. The van der Waals surface area contributed by atoms with Crippen molar-refractivity contribution >= 4 is 23.4 Å². The van der Waals surface area contributed by atoms with Gasteiger partial charge in [-0.05, 0) is 18.6 Å². The fourth-order valence-electron chi connectivity index (χ4n) is 2.77. The maximum absolute atomic E-state index is 12.2. The van der Waals surface area contributed by atoms with Crippen molar-refractivity contribution < 1.29 is 9.72 Å². The molecule has 0 radical (unpaired) electrons. The summed E-state index contributed by atoms with van der Waals surface area (Å²) in [6.45, 7) is 2.12. The third-order valence-corrected chi connectivity index (χ3v) is 5.04. The number of para-hydroxylation sites is 1. The van der Waals surface area contributed by atoms with Crippen LogP contribution in [0.3, 0.4) is 0 Å². The molecule has 21 heavy (non-hydrogen) atoms. The minimum atomic E-state index is -0.437. The molecule has 0 saturated heterocycles. The Balaban J connectivity index is 1.97. The van der Waals surface area contributed by atoms with E-state index in [0.717, 1.165) is 25.0 Å². The molecule has 1 fully saturated rings. The van der Waals surface area contributed by atoms with Gasteiger partial charge in [0.25, 0.3) is 5.69 Å². The predicted molar refractivity (Wildman–Crippen MR) is 84.5 cm³/mol. The minimum Gasteiger partial charge on any atom is -0.352 e. The summed E-state index contributed by atoms with van der Waals surface area (Å²) < 4.78 is 0. The van der Waals surface area contributed by atoms with Crippen LogP contribution in [-0.2, 0) is 11.2 Å². The van der Waals surface area contributed by atoms with Gasteiger partial charge in [-0.1, -0.05) is 31.5 Å². The van der Waals surface area contributed by atoms with Crippen LogP contribution >= 0.6 is 11.8 Å². The smallest absolute Gasteiger partial charge is 0.273 e. The minimum absolute atomic E-state index is 0.0126. The van der Waals surface area contributed by atoms with Crippen molar-refractivity contribution in [1.29, 1.82) is 0 Å². The number of rotatable bonds is 6. The van der Waals surface area contributed by atoms with Crippen LogP contribution < -0.4 is 5.32 Å². The van der Waals surface area contributed by atoms with Gasteiger partial charge in [0.15, 0.2) is 0 Å². The van der Waals surface area contributed by atoms with Gasteiger partial charge in [-0.15, -0.1) is 0 Å². The van der Waals surface area contributed by atoms with Crippen LogP contribution in [0, 0.1) is 10.1 Å². The van der Waals surface area contributed by atoms with E-state index in [9.17, 15) is 14.9 Å². The summed E-state index contributed by atoms with van der Waals surface area (Å²) in [5, 5.41) is 14.5. The third-order valence-electron chi connectivity index (χ3n) is 3.72. The molecule has 5 nitrogen and oxygen atoms in total. The number of carbonyl (C=O) groups excluding carboxylic acids is 1. The third kappa shape index (κ3) is 4.20. The van der Waals surface area contributed by atoms with Crippen molar-refractivity contribution in [2.24, 2.45) is 0 Å². The highest BCUT2D eigenvalue weighted by atomic mass is 32.2. The van der Waals surface area contributed by atoms with E-state index < -0.39 is 4.92 Å². The molecule has 1 N–H and O–H groups in total. The average Bonchev–Trinajstić information content (AvgIpc) is 2.86. The van der Waals surface area contributed by atoms with Gasteiger partial charge in [0.2, 0.25) is 5.91 Å². The van der Waals surface area contributed by atoms with Crippen LogP contribution in [0.5, 0.6) is 0 Å². The molecule has 0 heterocycles. The summed E-state index contributed by atoms with van der Waals surface area (Å²) in [6, 6.07) is 6.62. The van der Waals surface area contributed by atoms with E-state index in [0.29, 0.717) is 10.8 Å². The molecule has 1 aromatic rings. The van der Waals surface area contributed by atoms with Gasteiger partial charge in [0, 0.05) is 22.9 Å². The molecule has 0 bridgehead atoms. The van der Waals surface area contributed by atoms with Crippen molar-refractivity contribution in [2.75, 3.05) is 5.75 Å². The van der Waals surface area contributed by atoms with Gasteiger partial charge in [-0.3, -0.25) is 14.9 Å². The molecule has 1 aromatic carbocycles. The number of nitro groups is 1. The van der Waals surface area contributed by atoms with Crippen LogP contribution in [-0.4, -0.2) is 27.9 Å². The Labute approximate surface area is 128 Å². The number of thioether (sulfide) groups is 1. The second-order valence-corrected chi connectivity index (χ2v) is 6.68. The van der Waals surface area contributed by atoms with E-state index >= 15 is 0 Å². The summed E-state index contributed by atoms with van der Waals surface area (Å²) in [6.07, 6.45) is 3.33. The molecule has 1 aliphatic rings. The van der Waals surface area contributed by atoms with Gasteiger partial charge in [0.1, 0.15) is 0 Å². The summed E-state index contributed by atoms with van der Waals surface area (Å²) in [5.74, 6) is 0.916. The molecule has 114 valence electrons. The molecule has 6 heteroatoms. The number of nitro benzene ring substituents is 1. The lowest BCUT2D eigenvalue weighted by atomic mass is 10.1. The Hall–Kier alpha value is -1.56. The lowest BCUT2D eigenvalue weighted by Crippen LogP contribution is -2.39. The number of amides is 1. The van der Waals surface area contributed by atoms with Gasteiger partial charge in [0.05, 0.1) is 11.3 Å². The molecule has 1 aliphatic carbocycles. The summed E-state index contributed by atoms with van der Waals surface area (Å²) in [4.78, 5) is 22.7. The molecule has 0 spiro atoms. The van der Waals surface area contributed by atoms with Gasteiger partial charge >= 0.3 is 0 Å². The predicted octanol–water partition coefficient (Wildman–Crippen LogP) is 2.93. The van der Waals surface area contributed by atoms with Gasteiger partial charge in [-0.2, -0.15) is 11.8 Å². The zero-order valence-electron chi connectivity index (χ0n) is 12.1. The Morgan fingerprint density at radius 1 is 1.43 bits per heavy atom. The molecule has 1 amide bonds. The molecular weight excluding hydrogens is 288 g/mol. The first-order valence-electron chi connectivity index (χ1n) is 7.25. The second-order valence-electron chi connectivity index (χ2n) is 5.16. The number of carbonyl (C=O) groups is 1. The van der Waals surface area contributed by atoms with Crippen molar-refractivity contribution in [3.63, 3.8) is 0 Å². The zero-order valence-corrected chi connectivity index (χ0v) is 12.9. The molecule has 0 aliphatic heterocycles. The Kier molecular flexibility index (Phi) is 5.61. The van der Waals surface area contributed by atoms with E-state index in [1.54, 1.807) is 18.2 Å². The first-order chi connectivity index (χ1) is 10.1. The van der Waals surface area contributed by atoms with E-state index in [-0.39, 0.29) is 24.1 Å². The highest BCUT2D eigenvalue weighted by Gasteiger charge is 2.28. The second kappa shape index (κ2) is 7.45. The first-order valence-corrected chi connectivity index (χ1v) is 8.30. The van der Waals surface area contributed by atoms with Crippen LogP contribution in [0.25, 0.3) is 0 Å². The highest BCUT2D eigenvalue weighted by Crippen LogP contribution is 2.30. The normalized spacial score (nSPS) is 21.2. The van der Waals surface area contributed by atoms with Crippen molar-refractivity contribution in [3.8, 4) is 0 Å². The summed E-state index contributed by atoms with van der Waals surface area (Å²) in [5.41, 5.74) is 0.483. The van der Waals surface area contributed by atoms with Crippen LogP contribution in [0.1, 0.15) is 31.7 Å². The fraction of sp³-hybridized carbons (Fsp3) is 0.533. The Bertz CT molecular complexity index is 521. The van der Waals surface area contributed by atoms with Crippen molar-refractivity contribution in [3.05, 3.63) is 39.9 Å². The van der Waals surface area contributed by atoms with E-state index in [4.69, 9.17) is 0 Å². The van der Waals surface area contributed by atoms with E-state index in [1.807, 2.05) is 11.8 Å². The van der Waals surface area contributed by atoms with Gasteiger partial charge in [-0.25, -0.2) is 0 Å². The van der Waals surface area contributed by atoms with Gasteiger partial charge < -0.3 is 5.32 Å². The first kappa shape index (κ1) is 15.8. The van der Waals surface area contributed by atoms with Crippen LogP contribution in [0.4, 0.5) is 5.69 Å². The van der Waals surface area contributed by atoms with E-state index in [1.165, 1.54) is 6.07 Å². The standard InChI is InChI=1S/C15H20N2O3S/c1-2-21-14-9-5-7-12(14)16-15(18)10-11-6-3-4-8-13(11)17(19)20/h3-4,6,8,12,14H,2,5,7,9-10H2,1H3,(H,16,18)/t12-,14+/m0/s1. The molecular formula is C15H20N2O3S. The number of nitrogens with zero attached hydrogens (tertiary/aromatic N) is 1. The van der Waals surface area contributed by atoms with Crippen molar-refractivity contribution in [2.45, 2.75) is 43.9 Å². The number of nitrogens with one attached hydrogen (secondary N) is 1. The molecule has 1 saturated carbocycles. The number of benzene rings is 1. The average molecular weight is 308 g/mol. The van der Waals surface area contributed by atoms with Crippen LogP contribution in [0.2, 0.25) is 0 Å². The number of hydrogen-bond donors (Lipinski definition) is 1. The quantitative estimate of drug-likeness (QED) is 0.648. The maximum Gasteiger partial charge on any atom is 0.273 e. The van der Waals surface area contributed by atoms with E-state index in [2.05, 4.69) is 12.2 Å².